The first kappa shape index (κ1) is 14.5. The molecule has 0 atom stereocenters. The van der Waals surface area contributed by atoms with Gasteiger partial charge in [0.1, 0.15) is 5.82 Å². The number of fused-ring (bicyclic) bond motifs is 1. The topological polar surface area (TPSA) is 74.8 Å². The van der Waals surface area contributed by atoms with Crippen LogP contribution in [0.15, 0.2) is 35.1 Å². The molecule has 1 amide bonds. The molecule has 0 saturated heterocycles. The van der Waals surface area contributed by atoms with Gasteiger partial charge in [0.15, 0.2) is 0 Å². The van der Waals surface area contributed by atoms with Crippen molar-refractivity contribution in [3.05, 3.63) is 62.6 Å². The average Bonchev–Trinajstić information content (AvgIpc) is 2.79. The van der Waals surface area contributed by atoms with Gasteiger partial charge >= 0.3 is 0 Å². The molecule has 2 N–H and O–H groups in total. The maximum Gasteiger partial charge on any atom is 0.253 e. The molecule has 0 aliphatic heterocycles. The molecule has 6 heteroatoms. The van der Waals surface area contributed by atoms with E-state index in [0.29, 0.717) is 17.1 Å². The first-order valence-corrected chi connectivity index (χ1v) is 7.69. The fourth-order valence-electron chi connectivity index (χ4n) is 2.44. The van der Waals surface area contributed by atoms with E-state index >= 15 is 0 Å². The number of amides is 1. The van der Waals surface area contributed by atoms with Crippen molar-refractivity contribution in [1.82, 2.24) is 15.3 Å². The highest BCUT2D eigenvalue weighted by Gasteiger charge is 2.16. The molecule has 0 aliphatic rings. The summed E-state index contributed by atoms with van der Waals surface area (Å²) in [7, 11) is 0. The number of nitrogens with zero attached hydrogens (tertiary/aromatic N) is 1. The van der Waals surface area contributed by atoms with E-state index in [1.165, 1.54) is 6.07 Å². The maximum absolute atomic E-state index is 12.5. The lowest BCUT2D eigenvalue weighted by Gasteiger charge is -2.05. The zero-order valence-electron chi connectivity index (χ0n) is 12.3. The Bertz CT molecular complexity index is 911. The normalized spacial score (nSPS) is 10.8. The summed E-state index contributed by atoms with van der Waals surface area (Å²) in [4.78, 5) is 31.6. The molecule has 2 aromatic heterocycles. The Morgan fingerprint density at radius 2 is 2.09 bits per heavy atom. The van der Waals surface area contributed by atoms with Gasteiger partial charge in [0.2, 0.25) is 0 Å². The highest BCUT2D eigenvalue weighted by molar-refractivity contribution is 7.19. The number of hydrogen-bond acceptors (Lipinski definition) is 4. The zero-order chi connectivity index (χ0) is 15.7. The second-order valence-corrected chi connectivity index (χ2v) is 6.29. The highest BCUT2D eigenvalue weighted by Crippen LogP contribution is 2.30. The van der Waals surface area contributed by atoms with Crippen LogP contribution in [0.2, 0.25) is 0 Å². The molecule has 0 saturated carbocycles. The number of carbonyl (C=O) groups is 1. The zero-order valence-corrected chi connectivity index (χ0v) is 13.1. The monoisotopic (exact) mass is 313 g/mol. The lowest BCUT2D eigenvalue weighted by molar-refractivity contribution is 0.0952. The van der Waals surface area contributed by atoms with Gasteiger partial charge in [-0.15, -0.1) is 11.3 Å². The second-order valence-electron chi connectivity index (χ2n) is 5.03. The van der Waals surface area contributed by atoms with Gasteiger partial charge in [0.05, 0.1) is 17.8 Å². The maximum atomic E-state index is 12.5. The van der Waals surface area contributed by atoms with Crippen molar-refractivity contribution in [2.45, 2.75) is 20.4 Å². The Kier molecular flexibility index (Phi) is 3.77. The Hall–Kier alpha value is -2.47. The quantitative estimate of drug-likeness (QED) is 0.780. The summed E-state index contributed by atoms with van der Waals surface area (Å²) in [6, 6.07) is 9.23. The molecular weight excluding hydrogens is 298 g/mol. The van der Waals surface area contributed by atoms with Gasteiger partial charge in [-0.2, -0.15) is 0 Å². The average molecular weight is 313 g/mol. The SMILES string of the molecule is Cc1nc(CNC(=O)c2c(C)sc3ccccc23)cc(=O)[nH]1. The number of rotatable bonds is 3. The predicted molar refractivity (Wildman–Crippen MR) is 87.3 cm³/mol. The van der Waals surface area contributed by atoms with Crippen LogP contribution in [0, 0.1) is 13.8 Å². The Balaban J connectivity index is 1.84. The van der Waals surface area contributed by atoms with E-state index < -0.39 is 0 Å². The minimum atomic E-state index is -0.214. The van der Waals surface area contributed by atoms with Crippen LogP contribution in [0.5, 0.6) is 0 Å². The Labute approximate surface area is 131 Å². The number of carbonyl (C=O) groups excluding carboxylic acids is 1. The number of hydrogen-bond donors (Lipinski definition) is 2. The third-order valence-corrected chi connectivity index (χ3v) is 4.43. The van der Waals surface area contributed by atoms with Crippen LogP contribution in [-0.4, -0.2) is 15.9 Å². The van der Waals surface area contributed by atoms with Crippen LogP contribution in [-0.2, 0) is 6.54 Å². The molecule has 0 aliphatic carbocycles. The van der Waals surface area contributed by atoms with Crippen molar-refractivity contribution >= 4 is 27.3 Å². The van der Waals surface area contributed by atoms with Gasteiger partial charge in [0.25, 0.3) is 11.5 Å². The van der Waals surface area contributed by atoms with Crippen molar-refractivity contribution in [3.8, 4) is 0 Å². The van der Waals surface area contributed by atoms with Gasteiger partial charge in [-0.05, 0) is 19.9 Å². The number of aromatic nitrogens is 2. The second kappa shape index (κ2) is 5.73. The molecule has 1 aromatic carbocycles. The molecule has 3 rings (SSSR count). The third-order valence-electron chi connectivity index (χ3n) is 3.34. The van der Waals surface area contributed by atoms with Crippen LogP contribution in [0.25, 0.3) is 10.1 Å². The number of aromatic amines is 1. The minimum Gasteiger partial charge on any atom is -0.346 e. The van der Waals surface area contributed by atoms with Gasteiger partial charge < -0.3 is 10.3 Å². The summed E-state index contributed by atoms with van der Waals surface area (Å²) < 4.78 is 1.09. The number of benzene rings is 1. The molecule has 0 spiro atoms. The standard InChI is InChI=1S/C16H15N3O2S/c1-9-15(12-5-3-4-6-13(12)22-9)16(21)17-8-11-7-14(20)19-10(2)18-11/h3-7H,8H2,1-2H3,(H,17,21)(H,18,19,20). The van der Waals surface area contributed by atoms with Crippen molar-refractivity contribution in [3.63, 3.8) is 0 Å². The van der Waals surface area contributed by atoms with Crippen LogP contribution in [0.3, 0.4) is 0 Å². The molecule has 2 heterocycles. The number of nitrogens with one attached hydrogen (secondary N) is 2. The van der Waals surface area contributed by atoms with E-state index in [0.717, 1.165) is 15.0 Å². The summed E-state index contributed by atoms with van der Waals surface area (Å²) in [6.45, 7) is 3.88. The van der Waals surface area contributed by atoms with Crippen molar-refractivity contribution in [1.29, 1.82) is 0 Å². The van der Waals surface area contributed by atoms with E-state index in [4.69, 9.17) is 0 Å². The molecule has 22 heavy (non-hydrogen) atoms. The molecule has 0 bridgehead atoms. The van der Waals surface area contributed by atoms with E-state index in [-0.39, 0.29) is 18.0 Å². The molecule has 0 radical (unpaired) electrons. The van der Waals surface area contributed by atoms with Crippen LogP contribution < -0.4 is 10.9 Å². The number of thiophene rings is 1. The Morgan fingerprint density at radius 3 is 2.86 bits per heavy atom. The first-order valence-electron chi connectivity index (χ1n) is 6.88. The largest absolute Gasteiger partial charge is 0.346 e. The molecule has 3 aromatic rings. The highest BCUT2D eigenvalue weighted by atomic mass is 32.1. The number of aryl methyl sites for hydroxylation is 2. The first-order chi connectivity index (χ1) is 10.5. The van der Waals surface area contributed by atoms with Gasteiger partial charge in [-0.1, -0.05) is 18.2 Å². The van der Waals surface area contributed by atoms with Crippen LogP contribution in [0.1, 0.15) is 26.8 Å². The fraction of sp³-hybridized carbons (Fsp3) is 0.188. The molecule has 0 unspecified atom stereocenters. The summed E-state index contributed by atoms with van der Waals surface area (Å²) in [6.07, 6.45) is 0. The van der Waals surface area contributed by atoms with E-state index in [9.17, 15) is 9.59 Å². The van der Waals surface area contributed by atoms with Crippen molar-refractivity contribution < 1.29 is 4.79 Å². The predicted octanol–water partition coefficient (Wildman–Crippen LogP) is 2.53. The minimum absolute atomic E-state index is 0.144. The molecule has 5 nitrogen and oxygen atoms in total. The lowest BCUT2D eigenvalue weighted by Crippen LogP contribution is -2.25. The molecule has 112 valence electrons. The smallest absolute Gasteiger partial charge is 0.253 e. The Morgan fingerprint density at radius 1 is 1.32 bits per heavy atom. The van der Waals surface area contributed by atoms with E-state index in [2.05, 4.69) is 15.3 Å². The summed E-state index contributed by atoms with van der Waals surface area (Å²) in [5.74, 6) is 0.392. The summed E-state index contributed by atoms with van der Waals surface area (Å²) in [5.41, 5.74) is 1.03. The fourth-order valence-corrected chi connectivity index (χ4v) is 3.50. The molecule has 0 fully saturated rings. The summed E-state index contributed by atoms with van der Waals surface area (Å²) >= 11 is 1.60. The lowest BCUT2D eigenvalue weighted by atomic mass is 10.1. The van der Waals surface area contributed by atoms with E-state index in [1.807, 2.05) is 31.2 Å². The van der Waals surface area contributed by atoms with Gasteiger partial charge in [0, 0.05) is 21.0 Å². The van der Waals surface area contributed by atoms with Gasteiger partial charge in [-0.3, -0.25) is 9.59 Å². The number of H-pyrrole nitrogens is 1. The van der Waals surface area contributed by atoms with Crippen molar-refractivity contribution in [2.24, 2.45) is 0 Å². The van der Waals surface area contributed by atoms with Crippen molar-refractivity contribution in [2.75, 3.05) is 0 Å². The molecular formula is C16H15N3O2S. The van der Waals surface area contributed by atoms with E-state index in [1.54, 1.807) is 18.3 Å². The summed E-state index contributed by atoms with van der Waals surface area (Å²) in [5, 5.41) is 3.80. The van der Waals surface area contributed by atoms with Crippen LogP contribution >= 0.6 is 11.3 Å². The van der Waals surface area contributed by atoms with Gasteiger partial charge in [-0.25, -0.2) is 4.98 Å². The third kappa shape index (κ3) is 2.78. The van der Waals surface area contributed by atoms with Crippen LogP contribution in [0.4, 0.5) is 0 Å².